The van der Waals surface area contributed by atoms with Gasteiger partial charge in [-0.1, -0.05) is 59.8 Å². The van der Waals surface area contributed by atoms with E-state index in [0.29, 0.717) is 16.7 Å². The topological polar surface area (TPSA) is 85.8 Å². The molecule has 1 aromatic heterocycles. The molecule has 7 heteroatoms. The molecule has 4 aromatic rings. The lowest BCUT2D eigenvalue weighted by atomic mass is 10.2. The van der Waals surface area contributed by atoms with Crippen molar-refractivity contribution in [3.8, 4) is 17.1 Å². The Morgan fingerprint density at radius 2 is 1.74 bits per heavy atom. The summed E-state index contributed by atoms with van der Waals surface area (Å²) in [4.78, 5) is 12.8. The van der Waals surface area contributed by atoms with Gasteiger partial charge in [-0.25, -0.2) is 0 Å². The largest absolute Gasteiger partial charge is 0.399 e. The maximum Gasteiger partial charge on any atom is 0.237 e. The zero-order chi connectivity index (χ0) is 21.8. The Labute approximate surface area is 185 Å². The summed E-state index contributed by atoms with van der Waals surface area (Å²) in [5, 5.41) is 12.0. The number of aromatic nitrogens is 3. The molecule has 0 aliphatic rings. The van der Waals surface area contributed by atoms with Crippen LogP contribution in [0.3, 0.4) is 0 Å². The zero-order valence-electron chi connectivity index (χ0n) is 17.3. The van der Waals surface area contributed by atoms with Gasteiger partial charge in [0.25, 0.3) is 0 Å². The normalized spacial score (nSPS) is 11.8. The van der Waals surface area contributed by atoms with Crippen molar-refractivity contribution in [2.24, 2.45) is 0 Å². The minimum absolute atomic E-state index is 0.0954. The van der Waals surface area contributed by atoms with Crippen LogP contribution in [0.4, 0.5) is 11.4 Å². The Balaban J connectivity index is 1.63. The summed E-state index contributed by atoms with van der Waals surface area (Å²) in [6.07, 6.45) is 0. The average molecular weight is 430 g/mol. The fourth-order valence-electron chi connectivity index (χ4n) is 3.11. The Morgan fingerprint density at radius 1 is 1.00 bits per heavy atom. The number of carbonyl (C=O) groups excluding carboxylic acids is 1. The number of nitrogens with zero attached hydrogens (tertiary/aromatic N) is 3. The highest BCUT2D eigenvalue weighted by atomic mass is 32.2. The molecule has 0 saturated heterocycles. The van der Waals surface area contributed by atoms with Gasteiger partial charge in [-0.2, -0.15) is 0 Å². The Kier molecular flexibility index (Phi) is 6.04. The lowest BCUT2D eigenvalue weighted by Crippen LogP contribution is -2.22. The third-order valence-corrected chi connectivity index (χ3v) is 5.81. The van der Waals surface area contributed by atoms with Crippen LogP contribution in [0.25, 0.3) is 17.1 Å². The van der Waals surface area contributed by atoms with Crippen LogP contribution in [0.5, 0.6) is 0 Å². The van der Waals surface area contributed by atoms with Crippen molar-refractivity contribution in [3.05, 3.63) is 84.4 Å². The second-order valence-corrected chi connectivity index (χ2v) is 8.53. The molecule has 1 amide bonds. The maximum atomic E-state index is 12.8. The van der Waals surface area contributed by atoms with E-state index >= 15 is 0 Å². The first-order valence-electron chi connectivity index (χ1n) is 9.92. The van der Waals surface area contributed by atoms with Gasteiger partial charge in [-0.05, 0) is 50.2 Å². The van der Waals surface area contributed by atoms with Crippen LogP contribution in [-0.2, 0) is 4.79 Å². The molecule has 3 N–H and O–H groups in total. The predicted octanol–water partition coefficient (Wildman–Crippen LogP) is 4.94. The molecule has 3 aromatic carbocycles. The third-order valence-electron chi connectivity index (χ3n) is 4.76. The van der Waals surface area contributed by atoms with Gasteiger partial charge < -0.3 is 11.1 Å². The van der Waals surface area contributed by atoms with Crippen LogP contribution in [0.15, 0.2) is 84.0 Å². The number of nitrogens with one attached hydrogen (secondary N) is 1. The summed E-state index contributed by atoms with van der Waals surface area (Å²) >= 11 is 1.36. The highest BCUT2D eigenvalue weighted by molar-refractivity contribution is 8.00. The van der Waals surface area contributed by atoms with Gasteiger partial charge in [0.15, 0.2) is 11.0 Å². The van der Waals surface area contributed by atoms with Crippen LogP contribution in [0, 0.1) is 6.92 Å². The first-order valence-corrected chi connectivity index (χ1v) is 10.8. The van der Waals surface area contributed by atoms with Crippen LogP contribution < -0.4 is 11.1 Å². The fraction of sp³-hybridized carbons (Fsp3) is 0.125. The number of anilines is 2. The molecule has 0 fully saturated rings. The summed E-state index contributed by atoms with van der Waals surface area (Å²) in [5.74, 6) is 0.578. The van der Waals surface area contributed by atoms with E-state index in [1.807, 2.05) is 97.3 Å². The third kappa shape index (κ3) is 4.78. The minimum Gasteiger partial charge on any atom is -0.399 e. The molecule has 4 rings (SSSR count). The Hall–Kier alpha value is -3.58. The lowest BCUT2D eigenvalue weighted by Gasteiger charge is -2.14. The van der Waals surface area contributed by atoms with Crippen molar-refractivity contribution >= 4 is 29.0 Å². The van der Waals surface area contributed by atoms with Crippen molar-refractivity contribution < 1.29 is 4.79 Å². The van der Waals surface area contributed by atoms with E-state index in [0.717, 1.165) is 22.5 Å². The quantitative estimate of drug-likeness (QED) is 0.335. The van der Waals surface area contributed by atoms with Crippen molar-refractivity contribution in [2.45, 2.75) is 24.3 Å². The molecule has 0 aliphatic heterocycles. The molecular formula is C24H23N5OS. The van der Waals surface area contributed by atoms with Crippen LogP contribution in [0.1, 0.15) is 12.5 Å². The van der Waals surface area contributed by atoms with Gasteiger partial charge in [0.2, 0.25) is 5.91 Å². The van der Waals surface area contributed by atoms with Crippen LogP contribution in [-0.4, -0.2) is 25.9 Å². The van der Waals surface area contributed by atoms with Gasteiger partial charge in [-0.3, -0.25) is 9.36 Å². The highest BCUT2D eigenvalue weighted by Crippen LogP contribution is 2.31. The maximum absolute atomic E-state index is 12.8. The van der Waals surface area contributed by atoms with E-state index in [1.165, 1.54) is 11.8 Å². The second kappa shape index (κ2) is 9.06. The van der Waals surface area contributed by atoms with Crippen molar-refractivity contribution in [2.75, 3.05) is 11.1 Å². The summed E-state index contributed by atoms with van der Waals surface area (Å²) in [6.45, 7) is 3.87. The molecule has 31 heavy (non-hydrogen) atoms. The summed E-state index contributed by atoms with van der Waals surface area (Å²) < 4.78 is 1.95. The number of aryl methyl sites for hydroxylation is 1. The van der Waals surface area contributed by atoms with E-state index in [1.54, 1.807) is 0 Å². The fourth-order valence-corrected chi connectivity index (χ4v) is 3.98. The molecule has 1 unspecified atom stereocenters. The summed E-state index contributed by atoms with van der Waals surface area (Å²) in [6, 6.07) is 25.1. The summed E-state index contributed by atoms with van der Waals surface area (Å²) in [5.41, 5.74) is 10.3. The summed E-state index contributed by atoms with van der Waals surface area (Å²) in [7, 11) is 0. The van der Waals surface area contributed by atoms with Crippen molar-refractivity contribution in [1.29, 1.82) is 0 Å². The zero-order valence-corrected chi connectivity index (χ0v) is 18.1. The number of hydrogen-bond donors (Lipinski definition) is 2. The number of para-hydroxylation sites is 1. The first-order chi connectivity index (χ1) is 15.0. The number of amides is 1. The van der Waals surface area contributed by atoms with Crippen molar-refractivity contribution in [3.63, 3.8) is 0 Å². The van der Waals surface area contributed by atoms with Gasteiger partial charge in [-0.15, -0.1) is 10.2 Å². The monoisotopic (exact) mass is 429 g/mol. The molecule has 1 atom stereocenters. The number of carbonyl (C=O) groups is 1. The molecule has 1 heterocycles. The molecular weight excluding hydrogens is 406 g/mol. The van der Waals surface area contributed by atoms with E-state index < -0.39 is 0 Å². The Bertz CT molecular complexity index is 1190. The lowest BCUT2D eigenvalue weighted by molar-refractivity contribution is -0.115. The molecule has 156 valence electrons. The van der Waals surface area contributed by atoms with Gasteiger partial charge >= 0.3 is 0 Å². The van der Waals surface area contributed by atoms with Gasteiger partial charge in [0.05, 0.1) is 5.25 Å². The highest BCUT2D eigenvalue weighted by Gasteiger charge is 2.22. The molecule has 6 nitrogen and oxygen atoms in total. The predicted molar refractivity (Wildman–Crippen MR) is 126 cm³/mol. The molecule has 0 spiro atoms. The minimum atomic E-state index is -0.373. The molecule has 0 aliphatic carbocycles. The number of nitrogen functional groups attached to an aromatic ring is 1. The first kappa shape index (κ1) is 20.7. The second-order valence-electron chi connectivity index (χ2n) is 7.22. The average Bonchev–Trinajstić information content (AvgIpc) is 3.19. The SMILES string of the molecule is Cc1ccc(NC(=O)C(C)Sc2nnc(-c3cccc(N)c3)n2-c2ccccc2)cc1. The number of rotatable bonds is 6. The smallest absolute Gasteiger partial charge is 0.237 e. The molecule has 0 bridgehead atoms. The number of nitrogens with two attached hydrogens (primary N) is 1. The van der Waals surface area contributed by atoms with E-state index in [-0.39, 0.29) is 11.2 Å². The van der Waals surface area contributed by atoms with E-state index in [2.05, 4.69) is 15.5 Å². The van der Waals surface area contributed by atoms with Crippen LogP contribution in [0.2, 0.25) is 0 Å². The van der Waals surface area contributed by atoms with E-state index in [4.69, 9.17) is 5.73 Å². The number of benzene rings is 3. The number of thioether (sulfide) groups is 1. The molecule has 0 saturated carbocycles. The van der Waals surface area contributed by atoms with Crippen molar-refractivity contribution in [1.82, 2.24) is 14.8 Å². The van der Waals surface area contributed by atoms with Crippen LogP contribution >= 0.6 is 11.8 Å². The number of hydrogen-bond acceptors (Lipinski definition) is 5. The van der Waals surface area contributed by atoms with Gasteiger partial charge in [0, 0.05) is 22.6 Å². The van der Waals surface area contributed by atoms with Gasteiger partial charge in [0.1, 0.15) is 0 Å². The standard InChI is InChI=1S/C24H23N5OS/c1-16-11-13-20(14-12-16)26-23(30)17(2)31-24-28-27-22(18-7-6-8-19(25)15-18)29(24)21-9-4-3-5-10-21/h3-15,17H,25H2,1-2H3,(H,26,30). The molecule has 0 radical (unpaired) electrons. The Morgan fingerprint density at radius 3 is 2.45 bits per heavy atom. The van der Waals surface area contributed by atoms with E-state index in [9.17, 15) is 4.79 Å².